The molecule has 0 unspecified atom stereocenters. The molecule has 1 aromatic carbocycles. The first kappa shape index (κ1) is 17.6. The van der Waals surface area contributed by atoms with Crippen molar-refractivity contribution >= 4 is 23.6 Å². The van der Waals surface area contributed by atoms with Crippen molar-refractivity contribution in [3.8, 4) is 0 Å². The molecule has 1 aliphatic rings. The number of rotatable bonds is 4. The van der Waals surface area contributed by atoms with Crippen LogP contribution in [0.5, 0.6) is 0 Å². The zero-order valence-corrected chi connectivity index (χ0v) is 14.5. The Morgan fingerprint density at radius 2 is 1.88 bits per heavy atom. The van der Waals surface area contributed by atoms with E-state index in [-0.39, 0.29) is 10.9 Å². The molecule has 1 amide bonds. The number of hydrogen-bond donors (Lipinski definition) is 0. The van der Waals surface area contributed by atoms with Crippen LogP contribution in [0, 0.1) is 5.82 Å². The lowest BCUT2D eigenvalue weighted by atomic mass is 10.2. The van der Waals surface area contributed by atoms with Gasteiger partial charge in [0.05, 0.1) is 5.02 Å². The van der Waals surface area contributed by atoms with Gasteiger partial charge in [-0.05, 0) is 41.5 Å². The maximum absolute atomic E-state index is 13.1. The highest BCUT2D eigenvalue weighted by Gasteiger charge is 2.19. The van der Waals surface area contributed by atoms with Gasteiger partial charge in [-0.2, -0.15) is 0 Å². The Kier molecular flexibility index (Phi) is 5.79. The van der Waals surface area contributed by atoms with Crippen molar-refractivity contribution < 1.29 is 9.18 Å². The van der Waals surface area contributed by atoms with Gasteiger partial charge in [-0.15, -0.1) is 0 Å². The van der Waals surface area contributed by atoms with Crippen LogP contribution in [-0.2, 0) is 11.3 Å². The van der Waals surface area contributed by atoms with Crippen LogP contribution in [0.4, 0.5) is 4.39 Å². The largest absolute Gasteiger partial charge is 0.337 e. The van der Waals surface area contributed by atoms with E-state index in [2.05, 4.69) is 9.88 Å². The van der Waals surface area contributed by atoms with E-state index in [1.165, 1.54) is 23.8 Å². The summed E-state index contributed by atoms with van der Waals surface area (Å²) in [6.07, 6.45) is 6.77. The van der Waals surface area contributed by atoms with Crippen molar-refractivity contribution in [2.75, 3.05) is 26.2 Å². The number of carbonyl (C=O) groups is 1. The molecule has 2 heterocycles. The summed E-state index contributed by atoms with van der Waals surface area (Å²) in [6.45, 7) is 3.93. The molecule has 3 rings (SSSR count). The molecule has 2 aromatic rings. The Morgan fingerprint density at radius 1 is 1.16 bits per heavy atom. The number of carbonyl (C=O) groups excluding carboxylic acids is 1. The molecule has 25 heavy (non-hydrogen) atoms. The molecule has 1 aromatic heterocycles. The predicted octanol–water partition coefficient (Wildman–Crippen LogP) is 3.23. The maximum Gasteiger partial charge on any atom is 0.246 e. The fourth-order valence-corrected chi connectivity index (χ4v) is 2.95. The van der Waals surface area contributed by atoms with Gasteiger partial charge in [0.2, 0.25) is 5.91 Å². The van der Waals surface area contributed by atoms with Crippen LogP contribution in [-0.4, -0.2) is 46.9 Å². The standard InChI is InChI=1S/C19H19ClFN3O/c20-17-13-15(1-3-18(17)21)2-4-19(25)24-11-9-23(10-12-24)14-16-5-7-22-8-6-16/h1-8,13H,9-12,14H2/b4-2-. The van der Waals surface area contributed by atoms with E-state index >= 15 is 0 Å². The molecule has 0 spiro atoms. The van der Waals surface area contributed by atoms with Crippen molar-refractivity contribution in [3.63, 3.8) is 0 Å². The van der Waals surface area contributed by atoms with Crippen molar-refractivity contribution in [1.82, 2.24) is 14.8 Å². The summed E-state index contributed by atoms with van der Waals surface area (Å²) >= 11 is 5.75. The van der Waals surface area contributed by atoms with E-state index < -0.39 is 5.82 Å². The van der Waals surface area contributed by atoms with Crippen molar-refractivity contribution in [2.45, 2.75) is 6.54 Å². The molecule has 6 heteroatoms. The number of hydrogen-bond acceptors (Lipinski definition) is 3. The smallest absolute Gasteiger partial charge is 0.246 e. The fraction of sp³-hybridized carbons (Fsp3) is 0.263. The molecule has 0 N–H and O–H groups in total. The lowest BCUT2D eigenvalue weighted by Gasteiger charge is -2.34. The van der Waals surface area contributed by atoms with E-state index in [0.717, 1.165) is 19.6 Å². The molecule has 4 nitrogen and oxygen atoms in total. The van der Waals surface area contributed by atoms with Gasteiger partial charge < -0.3 is 4.90 Å². The molecular formula is C19H19ClFN3O. The second-order valence-corrected chi connectivity index (χ2v) is 6.37. The van der Waals surface area contributed by atoms with Crippen molar-refractivity contribution in [3.05, 3.63) is 70.8 Å². The first-order chi connectivity index (χ1) is 12.1. The molecule has 130 valence electrons. The average molecular weight is 360 g/mol. The minimum atomic E-state index is -0.463. The van der Waals surface area contributed by atoms with E-state index in [1.807, 2.05) is 17.0 Å². The van der Waals surface area contributed by atoms with Gasteiger partial charge in [0.1, 0.15) is 5.82 Å². The zero-order chi connectivity index (χ0) is 17.6. The first-order valence-corrected chi connectivity index (χ1v) is 8.53. The van der Waals surface area contributed by atoms with Crippen LogP contribution < -0.4 is 0 Å². The van der Waals surface area contributed by atoms with Crippen molar-refractivity contribution in [1.29, 1.82) is 0 Å². The Morgan fingerprint density at radius 3 is 2.56 bits per heavy atom. The minimum Gasteiger partial charge on any atom is -0.337 e. The number of benzene rings is 1. The maximum atomic E-state index is 13.1. The molecule has 0 atom stereocenters. The summed E-state index contributed by atoms with van der Waals surface area (Å²) in [5.74, 6) is -0.500. The van der Waals surface area contributed by atoms with Gasteiger partial charge in [0.25, 0.3) is 0 Å². The third-order valence-electron chi connectivity index (χ3n) is 4.20. The topological polar surface area (TPSA) is 36.4 Å². The summed E-state index contributed by atoms with van der Waals surface area (Å²) in [7, 11) is 0. The molecule has 1 saturated heterocycles. The Hall–Kier alpha value is -2.24. The van der Waals surface area contributed by atoms with Crippen LogP contribution >= 0.6 is 11.6 Å². The number of amides is 1. The van der Waals surface area contributed by atoms with Crippen LogP contribution in [0.2, 0.25) is 5.02 Å². The zero-order valence-electron chi connectivity index (χ0n) is 13.7. The summed E-state index contributed by atoms with van der Waals surface area (Å²) in [6, 6.07) is 8.41. The van der Waals surface area contributed by atoms with Crippen LogP contribution in [0.25, 0.3) is 6.08 Å². The van der Waals surface area contributed by atoms with Gasteiger partial charge in [-0.25, -0.2) is 4.39 Å². The van der Waals surface area contributed by atoms with Gasteiger partial charge in [0, 0.05) is 51.2 Å². The Labute approximate surface area is 151 Å². The van der Waals surface area contributed by atoms with Crippen LogP contribution in [0.1, 0.15) is 11.1 Å². The average Bonchev–Trinajstić information content (AvgIpc) is 2.64. The normalized spacial score (nSPS) is 15.7. The fourth-order valence-electron chi connectivity index (χ4n) is 2.76. The van der Waals surface area contributed by atoms with E-state index in [4.69, 9.17) is 11.6 Å². The Bertz CT molecular complexity index is 759. The number of pyridine rings is 1. The second kappa shape index (κ2) is 8.23. The van der Waals surface area contributed by atoms with Gasteiger partial charge in [-0.1, -0.05) is 17.7 Å². The van der Waals surface area contributed by atoms with Crippen molar-refractivity contribution in [2.24, 2.45) is 0 Å². The number of nitrogens with zero attached hydrogens (tertiary/aromatic N) is 3. The highest BCUT2D eigenvalue weighted by molar-refractivity contribution is 6.30. The monoisotopic (exact) mass is 359 g/mol. The predicted molar refractivity (Wildman–Crippen MR) is 96.5 cm³/mol. The summed E-state index contributed by atoms with van der Waals surface area (Å²) in [4.78, 5) is 20.5. The second-order valence-electron chi connectivity index (χ2n) is 5.96. The van der Waals surface area contributed by atoms with E-state index in [1.54, 1.807) is 24.5 Å². The highest BCUT2D eigenvalue weighted by Crippen LogP contribution is 2.17. The molecule has 1 aliphatic heterocycles. The summed E-state index contributed by atoms with van der Waals surface area (Å²) in [5.41, 5.74) is 1.93. The number of piperazine rings is 1. The van der Waals surface area contributed by atoms with Crippen LogP contribution in [0.15, 0.2) is 48.8 Å². The first-order valence-electron chi connectivity index (χ1n) is 8.15. The van der Waals surface area contributed by atoms with Gasteiger partial charge >= 0.3 is 0 Å². The summed E-state index contributed by atoms with van der Waals surface area (Å²) in [5, 5.41) is 0.0549. The number of halogens is 2. The van der Waals surface area contributed by atoms with Gasteiger partial charge in [0.15, 0.2) is 0 Å². The van der Waals surface area contributed by atoms with E-state index in [0.29, 0.717) is 18.7 Å². The highest BCUT2D eigenvalue weighted by atomic mass is 35.5. The van der Waals surface area contributed by atoms with E-state index in [9.17, 15) is 9.18 Å². The Balaban J connectivity index is 1.51. The quantitative estimate of drug-likeness (QED) is 0.786. The molecule has 0 saturated carbocycles. The molecular weight excluding hydrogens is 341 g/mol. The molecule has 1 fully saturated rings. The third kappa shape index (κ3) is 4.87. The lowest BCUT2D eigenvalue weighted by molar-refractivity contribution is -0.127. The molecule has 0 radical (unpaired) electrons. The third-order valence-corrected chi connectivity index (χ3v) is 4.49. The minimum absolute atomic E-state index is 0.0380. The molecule has 0 bridgehead atoms. The molecule has 0 aliphatic carbocycles. The van der Waals surface area contributed by atoms with Gasteiger partial charge in [-0.3, -0.25) is 14.7 Å². The SMILES string of the molecule is O=C(/C=C\c1ccc(F)c(Cl)c1)N1CCN(Cc2ccncc2)CC1. The lowest BCUT2D eigenvalue weighted by Crippen LogP contribution is -2.47. The number of aromatic nitrogens is 1. The van der Waals surface area contributed by atoms with Crippen LogP contribution in [0.3, 0.4) is 0 Å². The summed E-state index contributed by atoms with van der Waals surface area (Å²) < 4.78 is 13.1.